The van der Waals surface area contributed by atoms with E-state index < -0.39 is 0 Å². The summed E-state index contributed by atoms with van der Waals surface area (Å²) in [5.74, 6) is 0.537. The number of rotatable bonds is 5. The number of nitrogens with one attached hydrogen (secondary N) is 1. The van der Waals surface area contributed by atoms with E-state index in [9.17, 15) is 14.4 Å². The van der Waals surface area contributed by atoms with Gasteiger partial charge in [0.2, 0.25) is 5.95 Å². The zero-order chi connectivity index (χ0) is 20.5. The van der Waals surface area contributed by atoms with Gasteiger partial charge in [-0.2, -0.15) is 4.98 Å². The highest BCUT2D eigenvalue weighted by Gasteiger charge is 2.25. The summed E-state index contributed by atoms with van der Waals surface area (Å²) in [6.07, 6.45) is 7.67. The minimum Gasteiger partial charge on any atom is -0.309 e. The van der Waals surface area contributed by atoms with Gasteiger partial charge < -0.3 is 5.32 Å². The van der Waals surface area contributed by atoms with Crippen molar-refractivity contribution in [3.8, 4) is 0 Å². The van der Waals surface area contributed by atoms with Crippen molar-refractivity contribution < 1.29 is 9.59 Å². The maximum atomic E-state index is 13.2. The number of aryl methyl sites for hydroxylation is 1. The molecule has 148 valence electrons. The molecule has 8 nitrogen and oxygen atoms in total. The van der Waals surface area contributed by atoms with E-state index in [0.29, 0.717) is 33.9 Å². The molecule has 0 atom stereocenters. The van der Waals surface area contributed by atoms with Crippen LogP contribution in [0.1, 0.15) is 64.9 Å². The van der Waals surface area contributed by atoms with Gasteiger partial charge in [-0.15, -0.1) is 0 Å². The van der Waals surface area contributed by atoms with Crippen molar-refractivity contribution in [1.29, 1.82) is 0 Å². The number of anilines is 2. The largest absolute Gasteiger partial charge is 0.309 e. The highest BCUT2D eigenvalue weighted by atomic mass is 16.1. The maximum absolute atomic E-state index is 13.2. The molecule has 4 rings (SSSR count). The summed E-state index contributed by atoms with van der Waals surface area (Å²) in [4.78, 5) is 49.2. The van der Waals surface area contributed by atoms with Crippen molar-refractivity contribution in [3.63, 3.8) is 0 Å². The van der Waals surface area contributed by atoms with E-state index in [1.165, 1.54) is 13.1 Å². The van der Waals surface area contributed by atoms with E-state index in [1.807, 2.05) is 0 Å². The summed E-state index contributed by atoms with van der Waals surface area (Å²) in [6, 6.07) is 3.32. The second-order valence-electron chi connectivity index (χ2n) is 7.32. The number of hydrogen-bond donors (Lipinski definition) is 1. The smallest absolute Gasteiger partial charge is 0.263 e. The minimum absolute atomic E-state index is 0.0245. The van der Waals surface area contributed by atoms with E-state index in [4.69, 9.17) is 0 Å². The predicted molar refractivity (Wildman–Crippen MR) is 109 cm³/mol. The fraction of sp³-hybridized carbons (Fsp3) is 0.333. The first-order chi connectivity index (χ1) is 14.0. The number of nitrogens with zero attached hydrogens (tertiary/aromatic N) is 4. The van der Waals surface area contributed by atoms with Crippen LogP contribution in [0.2, 0.25) is 0 Å². The molecule has 3 aromatic heterocycles. The average Bonchev–Trinajstić information content (AvgIpc) is 3.22. The molecule has 3 aromatic rings. The van der Waals surface area contributed by atoms with Crippen LogP contribution in [0.4, 0.5) is 11.8 Å². The third-order valence-corrected chi connectivity index (χ3v) is 5.41. The van der Waals surface area contributed by atoms with Crippen LogP contribution in [0.5, 0.6) is 0 Å². The van der Waals surface area contributed by atoms with Crippen molar-refractivity contribution in [2.24, 2.45) is 0 Å². The van der Waals surface area contributed by atoms with Crippen LogP contribution in [-0.2, 0) is 0 Å². The molecule has 0 saturated heterocycles. The molecule has 0 radical (unpaired) electrons. The number of fused-ring (bicyclic) bond motifs is 1. The lowest BCUT2D eigenvalue weighted by atomic mass is 10.0. The first-order valence-corrected chi connectivity index (χ1v) is 9.60. The standard InChI is InChI=1S/C21H21N5O3/c1-12-16-10-23-21(24-17-8-7-14(11-27)9-22-17)25-19(16)26(15-5-3-4-6-15)20(29)18(12)13(2)28/h7-11,15H,3-6H2,1-2H3,(H,22,23,24,25). The van der Waals surface area contributed by atoms with Crippen LogP contribution in [0.3, 0.4) is 0 Å². The fourth-order valence-corrected chi connectivity index (χ4v) is 3.97. The van der Waals surface area contributed by atoms with Crippen molar-refractivity contribution in [2.75, 3.05) is 5.32 Å². The third-order valence-electron chi connectivity index (χ3n) is 5.41. The van der Waals surface area contributed by atoms with Gasteiger partial charge in [-0.05, 0) is 44.4 Å². The predicted octanol–water partition coefficient (Wildman–Crippen LogP) is 3.37. The molecule has 0 aromatic carbocycles. The summed E-state index contributed by atoms with van der Waals surface area (Å²) in [6.45, 7) is 3.18. The van der Waals surface area contributed by atoms with E-state index in [0.717, 1.165) is 32.0 Å². The number of hydrogen-bond acceptors (Lipinski definition) is 7. The molecule has 1 fully saturated rings. The summed E-state index contributed by atoms with van der Waals surface area (Å²) in [5.41, 5.74) is 1.52. The summed E-state index contributed by atoms with van der Waals surface area (Å²) >= 11 is 0. The van der Waals surface area contributed by atoms with Crippen LogP contribution in [0.15, 0.2) is 29.3 Å². The molecule has 0 spiro atoms. The van der Waals surface area contributed by atoms with E-state index in [-0.39, 0.29) is 22.9 Å². The van der Waals surface area contributed by atoms with Crippen molar-refractivity contribution in [1.82, 2.24) is 19.5 Å². The number of pyridine rings is 2. The molecule has 0 unspecified atom stereocenters. The molecule has 1 aliphatic rings. The molecule has 1 N–H and O–H groups in total. The lowest BCUT2D eigenvalue weighted by Crippen LogP contribution is -2.30. The topological polar surface area (TPSA) is 107 Å². The maximum Gasteiger partial charge on any atom is 0.263 e. The Balaban J connectivity index is 1.86. The minimum atomic E-state index is -0.285. The number of Topliss-reactive ketones (excluding diaryl/α,β-unsaturated/α-hetero) is 1. The Morgan fingerprint density at radius 3 is 2.59 bits per heavy atom. The Morgan fingerprint density at radius 2 is 1.97 bits per heavy atom. The van der Waals surface area contributed by atoms with Gasteiger partial charge in [0.1, 0.15) is 11.5 Å². The van der Waals surface area contributed by atoms with Crippen LogP contribution in [-0.4, -0.2) is 31.6 Å². The van der Waals surface area contributed by atoms with Crippen LogP contribution < -0.4 is 10.9 Å². The van der Waals surface area contributed by atoms with E-state index in [2.05, 4.69) is 20.3 Å². The SMILES string of the molecule is CC(=O)c1c(C)c2cnc(Nc3ccc(C=O)cn3)nc2n(C2CCCC2)c1=O. The van der Waals surface area contributed by atoms with Gasteiger partial charge in [-0.1, -0.05) is 12.8 Å². The van der Waals surface area contributed by atoms with Gasteiger partial charge in [0, 0.05) is 29.4 Å². The molecular weight excluding hydrogens is 370 g/mol. The lowest BCUT2D eigenvalue weighted by Gasteiger charge is -2.19. The van der Waals surface area contributed by atoms with Gasteiger partial charge in [0.25, 0.3) is 5.56 Å². The first kappa shape index (κ1) is 18.9. The molecule has 3 heterocycles. The van der Waals surface area contributed by atoms with E-state index in [1.54, 1.807) is 29.8 Å². The van der Waals surface area contributed by atoms with Gasteiger partial charge >= 0.3 is 0 Å². The Kier molecular flexibility index (Phi) is 4.92. The van der Waals surface area contributed by atoms with Crippen LogP contribution in [0, 0.1) is 6.92 Å². The zero-order valence-corrected chi connectivity index (χ0v) is 16.3. The number of ketones is 1. The highest BCUT2D eigenvalue weighted by molar-refractivity contribution is 5.99. The Morgan fingerprint density at radius 1 is 1.21 bits per heavy atom. The average molecular weight is 391 g/mol. The second-order valence-corrected chi connectivity index (χ2v) is 7.32. The molecule has 1 aliphatic carbocycles. The molecule has 29 heavy (non-hydrogen) atoms. The van der Waals surface area contributed by atoms with Crippen LogP contribution in [0.25, 0.3) is 11.0 Å². The molecule has 0 aliphatic heterocycles. The summed E-state index contributed by atoms with van der Waals surface area (Å²) in [7, 11) is 0. The first-order valence-electron chi connectivity index (χ1n) is 9.60. The van der Waals surface area contributed by atoms with Crippen LogP contribution >= 0.6 is 0 Å². The summed E-state index contributed by atoms with van der Waals surface area (Å²) in [5, 5.41) is 3.70. The normalized spacial score (nSPS) is 14.3. The Labute approximate surface area is 167 Å². The van der Waals surface area contributed by atoms with Gasteiger partial charge in [-0.25, -0.2) is 9.97 Å². The quantitative estimate of drug-likeness (QED) is 0.525. The number of aldehydes is 1. The van der Waals surface area contributed by atoms with Gasteiger partial charge in [0.15, 0.2) is 12.1 Å². The molecule has 0 bridgehead atoms. The van der Waals surface area contributed by atoms with Gasteiger partial charge in [-0.3, -0.25) is 19.0 Å². The number of carbonyl (C=O) groups excluding carboxylic acids is 2. The molecule has 8 heteroatoms. The summed E-state index contributed by atoms with van der Waals surface area (Å²) < 4.78 is 1.67. The van der Waals surface area contributed by atoms with Crippen molar-refractivity contribution in [2.45, 2.75) is 45.6 Å². The number of aromatic nitrogens is 4. The Bertz CT molecular complexity index is 1160. The molecule has 0 amide bonds. The van der Waals surface area contributed by atoms with Crippen molar-refractivity contribution >= 4 is 34.9 Å². The Hall–Kier alpha value is -3.42. The molecule has 1 saturated carbocycles. The third kappa shape index (κ3) is 3.41. The highest BCUT2D eigenvalue weighted by Crippen LogP contribution is 2.32. The lowest BCUT2D eigenvalue weighted by molar-refractivity contribution is 0.101. The van der Waals surface area contributed by atoms with E-state index >= 15 is 0 Å². The van der Waals surface area contributed by atoms with Crippen molar-refractivity contribution in [3.05, 3.63) is 51.6 Å². The van der Waals surface area contributed by atoms with Gasteiger partial charge in [0.05, 0.1) is 5.56 Å². The molecular formula is C21H21N5O3. The fourth-order valence-electron chi connectivity index (χ4n) is 3.97. The monoisotopic (exact) mass is 391 g/mol. The second kappa shape index (κ2) is 7.54. The number of carbonyl (C=O) groups is 2. The zero-order valence-electron chi connectivity index (χ0n) is 16.3.